The molecule has 9 nitrogen and oxygen atoms in total. The Kier molecular flexibility index (Phi) is 8.54. The maximum atomic E-state index is 12.9. The molecule has 1 heterocycles. The van der Waals surface area contributed by atoms with Crippen molar-refractivity contribution in [3.63, 3.8) is 0 Å². The maximum Gasteiger partial charge on any atom is 0.344 e. The van der Waals surface area contributed by atoms with Crippen LogP contribution in [-0.4, -0.2) is 58.0 Å². The Hall–Kier alpha value is -2.82. The van der Waals surface area contributed by atoms with Crippen LogP contribution >= 0.6 is 11.6 Å². The molecular formula is C22H25ClN2O7S. The SMILES string of the molecule is COc1ccc(S(=O)(=O)N2CCCCC2)cc1NC(=O)COC(=O)COc1ccccc1Cl. The number of esters is 1. The van der Waals surface area contributed by atoms with Crippen LogP contribution in [0, 0.1) is 0 Å². The van der Waals surface area contributed by atoms with Gasteiger partial charge in [-0.25, -0.2) is 13.2 Å². The molecule has 0 spiro atoms. The second-order valence-corrected chi connectivity index (χ2v) is 9.60. The third-order valence-electron chi connectivity index (χ3n) is 4.94. The summed E-state index contributed by atoms with van der Waals surface area (Å²) in [5, 5.41) is 2.87. The van der Waals surface area contributed by atoms with Crippen molar-refractivity contribution in [1.29, 1.82) is 0 Å². The van der Waals surface area contributed by atoms with Crippen LogP contribution in [0.2, 0.25) is 5.02 Å². The van der Waals surface area contributed by atoms with Gasteiger partial charge < -0.3 is 19.5 Å². The summed E-state index contributed by atoms with van der Waals surface area (Å²) in [5.74, 6) is -0.836. The van der Waals surface area contributed by atoms with Gasteiger partial charge >= 0.3 is 5.97 Å². The summed E-state index contributed by atoms with van der Waals surface area (Å²) in [6.07, 6.45) is 2.62. The topological polar surface area (TPSA) is 111 Å². The van der Waals surface area contributed by atoms with Gasteiger partial charge in [-0.2, -0.15) is 4.31 Å². The van der Waals surface area contributed by atoms with Gasteiger partial charge in [-0.05, 0) is 43.2 Å². The van der Waals surface area contributed by atoms with Crippen LogP contribution in [-0.2, 0) is 24.3 Å². The highest BCUT2D eigenvalue weighted by Crippen LogP contribution is 2.30. The number of nitrogens with one attached hydrogen (secondary N) is 1. The number of carbonyl (C=O) groups excluding carboxylic acids is 2. The molecule has 1 aliphatic rings. The van der Waals surface area contributed by atoms with Crippen LogP contribution in [0.1, 0.15) is 19.3 Å². The zero-order chi connectivity index (χ0) is 23.8. The summed E-state index contributed by atoms with van der Waals surface area (Å²) < 4.78 is 42.7. The molecule has 3 rings (SSSR count). The molecule has 0 saturated carbocycles. The molecule has 2 aromatic carbocycles. The molecule has 33 heavy (non-hydrogen) atoms. The molecule has 0 atom stereocenters. The molecule has 1 aliphatic heterocycles. The predicted octanol–water partition coefficient (Wildman–Crippen LogP) is 3.08. The third kappa shape index (κ3) is 6.59. The number of para-hydroxylation sites is 1. The van der Waals surface area contributed by atoms with Crippen LogP contribution in [0.4, 0.5) is 5.69 Å². The summed E-state index contributed by atoms with van der Waals surface area (Å²) in [6, 6.07) is 10.9. The average Bonchev–Trinajstić information content (AvgIpc) is 2.82. The Labute approximate surface area is 197 Å². The molecule has 0 radical (unpaired) electrons. The van der Waals surface area contributed by atoms with E-state index in [9.17, 15) is 18.0 Å². The number of rotatable bonds is 9. The van der Waals surface area contributed by atoms with Crippen molar-refractivity contribution >= 4 is 39.2 Å². The number of anilines is 1. The summed E-state index contributed by atoms with van der Waals surface area (Å²) in [4.78, 5) is 24.2. The molecule has 1 fully saturated rings. The van der Waals surface area contributed by atoms with Crippen LogP contribution in [0.25, 0.3) is 0 Å². The van der Waals surface area contributed by atoms with Gasteiger partial charge in [-0.15, -0.1) is 0 Å². The van der Waals surface area contributed by atoms with Crippen molar-refractivity contribution in [3.8, 4) is 11.5 Å². The number of amides is 1. The van der Waals surface area contributed by atoms with Gasteiger partial charge in [-0.1, -0.05) is 30.2 Å². The van der Waals surface area contributed by atoms with Crippen molar-refractivity contribution in [1.82, 2.24) is 4.31 Å². The van der Waals surface area contributed by atoms with Crippen LogP contribution in [0.5, 0.6) is 11.5 Å². The molecular weight excluding hydrogens is 472 g/mol. The molecule has 1 N–H and O–H groups in total. The predicted molar refractivity (Wildman–Crippen MR) is 122 cm³/mol. The van der Waals surface area contributed by atoms with Crippen LogP contribution in [0.15, 0.2) is 47.4 Å². The van der Waals surface area contributed by atoms with Gasteiger partial charge in [0.2, 0.25) is 10.0 Å². The van der Waals surface area contributed by atoms with Gasteiger partial charge in [0, 0.05) is 13.1 Å². The van der Waals surface area contributed by atoms with E-state index >= 15 is 0 Å². The standard InChI is InChI=1S/C22H25ClN2O7S/c1-30-20-10-9-16(33(28,29)25-11-5-2-6-12-25)13-18(20)24-21(26)14-32-22(27)15-31-19-8-4-3-7-17(19)23/h3-4,7-10,13H,2,5-6,11-12,14-15H2,1H3,(H,24,26). The van der Waals surface area contributed by atoms with E-state index < -0.39 is 35.1 Å². The number of piperidine rings is 1. The maximum absolute atomic E-state index is 12.9. The van der Waals surface area contributed by atoms with Crippen LogP contribution in [0.3, 0.4) is 0 Å². The van der Waals surface area contributed by atoms with Crippen molar-refractivity contribution in [2.75, 3.05) is 38.7 Å². The fraction of sp³-hybridized carbons (Fsp3) is 0.364. The number of hydrogen-bond acceptors (Lipinski definition) is 7. The summed E-state index contributed by atoms with van der Waals surface area (Å²) >= 11 is 5.95. The number of methoxy groups -OCH3 is 1. The first-order valence-electron chi connectivity index (χ1n) is 10.3. The quantitative estimate of drug-likeness (QED) is 0.531. The Morgan fingerprint density at radius 1 is 1.03 bits per heavy atom. The summed E-state index contributed by atoms with van der Waals surface area (Å²) in [6.45, 7) is -0.0919. The first kappa shape index (κ1) is 24.8. The Morgan fingerprint density at radius 2 is 1.76 bits per heavy atom. The molecule has 0 unspecified atom stereocenters. The van der Waals surface area contributed by atoms with E-state index in [0.29, 0.717) is 23.9 Å². The lowest BCUT2D eigenvalue weighted by Crippen LogP contribution is -2.35. The number of carbonyl (C=O) groups is 2. The van der Waals surface area contributed by atoms with Crippen molar-refractivity contribution < 1.29 is 32.2 Å². The van der Waals surface area contributed by atoms with E-state index in [4.69, 9.17) is 25.8 Å². The fourth-order valence-corrected chi connectivity index (χ4v) is 5.01. The molecule has 1 amide bonds. The highest BCUT2D eigenvalue weighted by molar-refractivity contribution is 7.89. The minimum Gasteiger partial charge on any atom is -0.495 e. The fourth-order valence-electron chi connectivity index (χ4n) is 3.27. The van der Waals surface area contributed by atoms with Crippen molar-refractivity contribution in [3.05, 3.63) is 47.5 Å². The average molecular weight is 497 g/mol. The molecule has 1 saturated heterocycles. The normalized spacial score (nSPS) is 14.4. The monoisotopic (exact) mass is 496 g/mol. The number of sulfonamides is 1. The molecule has 0 aromatic heterocycles. The number of hydrogen-bond donors (Lipinski definition) is 1. The van der Waals surface area contributed by atoms with E-state index in [1.165, 1.54) is 29.6 Å². The largest absolute Gasteiger partial charge is 0.495 e. The summed E-state index contributed by atoms with van der Waals surface area (Å²) in [7, 11) is -2.30. The minimum atomic E-state index is -3.69. The lowest BCUT2D eigenvalue weighted by molar-refractivity contribution is -0.149. The van der Waals surface area contributed by atoms with Gasteiger partial charge in [0.05, 0.1) is 22.7 Å². The Balaban J connectivity index is 1.59. The van der Waals surface area contributed by atoms with E-state index in [2.05, 4.69) is 5.32 Å². The molecule has 11 heteroatoms. The highest BCUT2D eigenvalue weighted by atomic mass is 35.5. The van der Waals surface area contributed by atoms with E-state index in [0.717, 1.165) is 19.3 Å². The smallest absolute Gasteiger partial charge is 0.344 e. The zero-order valence-electron chi connectivity index (χ0n) is 18.1. The van der Waals surface area contributed by atoms with Crippen molar-refractivity contribution in [2.24, 2.45) is 0 Å². The third-order valence-corrected chi connectivity index (χ3v) is 7.15. The van der Waals surface area contributed by atoms with E-state index in [1.54, 1.807) is 24.3 Å². The van der Waals surface area contributed by atoms with Crippen LogP contribution < -0.4 is 14.8 Å². The number of benzene rings is 2. The van der Waals surface area contributed by atoms with E-state index in [-0.39, 0.29) is 16.3 Å². The molecule has 0 aliphatic carbocycles. The summed E-state index contributed by atoms with van der Waals surface area (Å²) in [5.41, 5.74) is 0.156. The lowest BCUT2D eigenvalue weighted by atomic mass is 10.2. The van der Waals surface area contributed by atoms with Crippen molar-refractivity contribution in [2.45, 2.75) is 24.2 Å². The number of halogens is 1. The highest BCUT2D eigenvalue weighted by Gasteiger charge is 2.27. The second-order valence-electron chi connectivity index (χ2n) is 7.25. The minimum absolute atomic E-state index is 0.0469. The molecule has 178 valence electrons. The first-order chi connectivity index (χ1) is 15.8. The Bertz CT molecular complexity index is 1100. The van der Waals surface area contributed by atoms with Gasteiger partial charge in [-0.3, -0.25) is 4.79 Å². The molecule has 2 aromatic rings. The van der Waals surface area contributed by atoms with E-state index in [1.807, 2.05) is 0 Å². The molecule has 0 bridgehead atoms. The first-order valence-corrected chi connectivity index (χ1v) is 12.1. The second kappa shape index (κ2) is 11.4. The van der Waals surface area contributed by atoms with Gasteiger partial charge in [0.1, 0.15) is 11.5 Å². The van der Waals surface area contributed by atoms with Gasteiger partial charge in [0.25, 0.3) is 5.91 Å². The number of ether oxygens (including phenoxy) is 3. The Morgan fingerprint density at radius 3 is 2.45 bits per heavy atom. The lowest BCUT2D eigenvalue weighted by Gasteiger charge is -2.26. The van der Waals surface area contributed by atoms with Gasteiger partial charge in [0.15, 0.2) is 13.2 Å². The zero-order valence-corrected chi connectivity index (χ0v) is 19.7. The number of nitrogens with zero attached hydrogens (tertiary/aromatic N) is 1.